The number of urea groups is 1. The van der Waals surface area contributed by atoms with E-state index in [4.69, 9.17) is 16.3 Å². The molecule has 0 spiro atoms. The summed E-state index contributed by atoms with van der Waals surface area (Å²) >= 11 is 5.69. The van der Waals surface area contributed by atoms with Crippen LogP contribution in [-0.2, 0) is 9.53 Å². The van der Waals surface area contributed by atoms with Crippen molar-refractivity contribution in [3.63, 3.8) is 0 Å². The summed E-state index contributed by atoms with van der Waals surface area (Å²) in [6, 6.07) is 2.81. The van der Waals surface area contributed by atoms with E-state index in [0.29, 0.717) is 5.92 Å². The third kappa shape index (κ3) is 5.70. The van der Waals surface area contributed by atoms with Crippen LogP contribution < -0.4 is 10.6 Å². The Balaban J connectivity index is 1.79. The van der Waals surface area contributed by atoms with Crippen molar-refractivity contribution in [1.82, 2.24) is 10.6 Å². The first-order chi connectivity index (χ1) is 11.9. The summed E-state index contributed by atoms with van der Waals surface area (Å²) in [5.74, 6) is -2.29. The van der Waals surface area contributed by atoms with Crippen LogP contribution in [-0.4, -0.2) is 30.6 Å². The van der Waals surface area contributed by atoms with Gasteiger partial charge < -0.3 is 10.1 Å². The van der Waals surface area contributed by atoms with Crippen molar-refractivity contribution < 1.29 is 23.5 Å². The highest BCUT2D eigenvalue weighted by Gasteiger charge is 2.23. The molecular formula is C17H20ClFN2O4. The molecule has 1 fully saturated rings. The van der Waals surface area contributed by atoms with Crippen LogP contribution in [0.15, 0.2) is 18.2 Å². The highest BCUT2D eigenvalue weighted by molar-refractivity contribution is 6.30. The molecule has 2 rings (SSSR count). The second-order valence-electron chi connectivity index (χ2n) is 6.09. The molecular weight excluding hydrogens is 351 g/mol. The van der Waals surface area contributed by atoms with Crippen LogP contribution in [0, 0.1) is 11.7 Å². The molecule has 1 saturated carbocycles. The van der Waals surface area contributed by atoms with E-state index in [0.717, 1.165) is 37.8 Å². The van der Waals surface area contributed by atoms with Crippen molar-refractivity contribution >= 4 is 29.5 Å². The maximum atomic E-state index is 13.5. The summed E-state index contributed by atoms with van der Waals surface area (Å²) in [4.78, 5) is 35.3. The van der Waals surface area contributed by atoms with Crippen molar-refractivity contribution in [3.05, 3.63) is 34.6 Å². The first-order valence-corrected chi connectivity index (χ1v) is 8.47. The van der Waals surface area contributed by atoms with Crippen molar-refractivity contribution in [2.75, 3.05) is 6.61 Å². The lowest BCUT2D eigenvalue weighted by Gasteiger charge is -2.29. The van der Waals surface area contributed by atoms with Crippen molar-refractivity contribution in [1.29, 1.82) is 0 Å². The van der Waals surface area contributed by atoms with E-state index < -0.39 is 30.3 Å². The van der Waals surface area contributed by atoms with Gasteiger partial charge in [-0.05, 0) is 37.0 Å². The van der Waals surface area contributed by atoms with Gasteiger partial charge in [0.2, 0.25) is 0 Å². The summed E-state index contributed by atoms with van der Waals surface area (Å²) in [6.07, 6.45) is 4.06. The fourth-order valence-electron chi connectivity index (χ4n) is 2.76. The van der Waals surface area contributed by atoms with E-state index >= 15 is 0 Å². The fraction of sp³-hybridized carbons (Fsp3) is 0.471. The van der Waals surface area contributed by atoms with Crippen LogP contribution in [0.2, 0.25) is 5.02 Å². The molecule has 0 unspecified atom stereocenters. The first kappa shape index (κ1) is 19.2. The molecule has 0 saturated heterocycles. The summed E-state index contributed by atoms with van der Waals surface area (Å²) < 4.78 is 18.2. The largest absolute Gasteiger partial charge is 0.452 e. The van der Waals surface area contributed by atoms with Gasteiger partial charge in [0.25, 0.3) is 5.91 Å². The summed E-state index contributed by atoms with van der Waals surface area (Å²) in [5, 5.41) is 5.01. The molecule has 8 heteroatoms. The molecule has 3 amide bonds. The fourth-order valence-corrected chi connectivity index (χ4v) is 2.93. The van der Waals surface area contributed by atoms with Gasteiger partial charge in [-0.3, -0.25) is 10.1 Å². The number of amides is 3. The molecule has 1 aliphatic rings. The van der Waals surface area contributed by atoms with Crippen LogP contribution in [0.25, 0.3) is 0 Å². The van der Waals surface area contributed by atoms with Crippen LogP contribution >= 0.6 is 11.6 Å². The Morgan fingerprint density at radius 3 is 2.72 bits per heavy atom. The minimum atomic E-state index is -1.03. The zero-order chi connectivity index (χ0) is 18.4. The highest BCUT2D eigenvalue weighted by Crippen LogP contribution is 2.23. The Kier molecular flexibility index (Phi) is 6.75. The number of carbonyl (C=O) groups is 3. The maximum Gasteiger partial charge on any atom is 0.341 e. The second kappa shape index (κ2) is 8.80. The number of imide groups is 1. The third-order valence-electron chi connectivity index (χ3n) is 4.16. The zero-order valence-corrected chi connectivity index (χ0v) is 14.6. The number of ether oxygens (including phenoxy) is 1. The normalized spacial score (nSPS) is 19.8. The van der Waals surface area contributed by atoms with Gasteiger partial charge in [0.1, 0.15) is 5.82 Å². The summed E-state index contributed by atoms with van der Waals surface area (Å²) in [7, 11) is 0. The third-order valence-corrected chi connectivity index (χ3v) is 4.40. The number of esters is 1. The average molecular weight is 371 g/mol. The molecule has 0 bridgehead atoms. The molecule has 0 heterocycles. The summed E-state index contributed by atoms with van der Waals surface area (Å²) in [6.45, 7) is 1.35. The standard InChI is InChI=1S/C17H20ClFN2O4/c1-10-4-2-3-5-14(10)20-17(24)21-15(22)9-25-16(23)12-8-11(18)6-7-13(12)19/h6-8,10,14H,2-5,9H2,1H3,(H2,20,21,22,24)/t10-,14-/m0/s1. The van der Waals surface area contributed by atoms with Crippen molar-refractivity contribution in [2.24, 2.45) is 5.92 Å². The second-order valence-corrected chi connectivity index (χ2v) is 6.53. The van der Waals surface area contributed by atoms with Crippen LogP contribution in [0.5, 0.6) is 0 Å². The van der Waals surface area contributed by atoms with Crippen LogP contribution in [0.3, 0.4) is 0 Å². The minimum absolute atomic E-state index is 0.0182. The Bertz CT molecular complexity index is 668. The minimum Gasteiger partial charge on any atom is -0.452 e. The van der Waals surface area contributed by atoms with Gasteiger partial charge in [-0.15, -0.1) is 0 Å². The van der Waals surface area contributed by atoms with Crippen molar-refractivity contribution in [2.45, 2.75) is 38.6 Å². The Morgan fingerprint density at radius 2 is 2.00 bits per heavy atom. The molecule has 0 aliphatic heterocycles. The quantitative estimate of drug-likeness (QED) is 0.798. The number of nitrogens with one attached hydrogen (secondary N) is 2. The van der Waals surface area contributed by atoms with Gasteiger partial charge in [-0.25, -0.2) is 14.0 Å². The average Bonchev–Trinajstić information content (AvgIpc) is 2.57. The van der Waals surface area contributed by atoms with E-state index in [1.54, 1.807) is 0 Å². The molecule has 0 aromatic heterocycles. The number of carbonyl (C=O) groups excluding carboxylic acids is 3. The number of hydrogen-bond donors (Lipinski definition) is 2. The molecule has 2 atom stereocenters. The topological polar surface area (TPSA) is 84.5 Å². The van der Waals surface area contributed by atoms with Gasteiger partial charge in [0.15, 0.2) is 6.61 Å². The lowest BCUT2D eigenvalue weighted by Crippen LogP contribution is -2.48. The van der Waals surface area contributed by atoms with E-state index in [1.165, 1.54) is 6.07 Å². The predicted octanol–water partition coefficient (Wildman–Crippen LogP) is 3.04. The molecule has 25 heavy (non-hydrogen) atoms. The first-order valence-electron chi connectivity index (χ1n) is 8.09. The van der Waals surface area contributed by atoms with E-state index in [2.05, 4.69) is 10.6 Å². The number of rotatable bonds is 4. The molecule has 1 aromatic rings. The maximum absolute atomic E-state index is 13.5. The molecule has 1 aromatic carbocycles. The SMILES string of the molecule is C[C@H]1CCCC[C@@H]1NC(=O)NC(=O)COC(=O)c1cc(Cl)ccc1F. The van der Waals surface area contributed by atoms with Gasteiger partial charge in [-0.2, -0.15) is 0 Å². The van der Waals surface area contributed by atoms with E-state index in [-0.39, 0.29) is 16.6 Å². The lowest BCUT2D eigenvalue weighted by molar-refractivity contribution is -0.123. The number of hydrogen-bond acceptors (Lipinski definition) is 4. The summed E-state index contributed by atoms with van der Waals surface area (Å²) in [5.41, 5.74) is -0.374. The van der Waals surface area contributed by atoms with Crippen LogP contribution in [0.4, 0.5) is 9.18 Å². The molecule has 0 radical (unpaired) electrons. The Labute approximate surface area is 150 Å². The zero-order valence-electron chi connectivity index (χ0n) is 13.8. The van der Waals surface area contributed by atoms with Crippen molar-refractivity contribution in [3.8, 4) is 0 Å². The van der Waals surface area contributed by atoms with Crippen LogP contribution in [0.1, 0.15) is 43.0 Å². The smallest absolute Gasteiger partial charge is 0.341 e. The van der Waals surface area contributed by atoms with Gasteiger partial charge >= 0.3 is 12.0 Å². The lowest BCUT2D eigenvalue weighted by atomic mass is 9.86. The molecule has 136 valence electrons. The number of halogens is 2. The highest BCUT2D eigenvalue weighted by atomic mass is 35.5. The van der Waals surface area contributed by atoms with Gasteiger partial charge in [0, 0.05) is 11.1 Å². The predicted molar refractivity (Wildman–Crippen MR) is 89.8 cm³/mol. The number of benzene rings is 1. The van der Waals surface area contributed by atoms with E-state index in [1.807, 2.05) is 6.92 Å². The molecule has 2 N–H and O–H groups in total. The monoisotopic (exact) mass is 370 g/mol. The molecule has 1 aliphatic carbocycles. The molecule has 6 nitrogen and oxygen atoms in total. The van der Waals surface area contributed by atoms with Gasteiger partial charge in [-0.1, -0.05) is 31.4 Å². The van der Waals surface area contributed by atoms with E-state index in [9.17, 15) is 18.8 Å². The Hall–Kier alpha value is -2.15. The Morgan fingerprint density at radius 1 is 1.28 bits per heavy atom. The van der Waals surface area contributed by atoms with Gasteiger partial charge in [0.05, 0.1) is 5.56 Å².